The van der Waals surface area contributed by atoms with E-state index < -0.39 is 0 Å². The van der Waals surface area contributed by atoms with Crippen molar-refractivity contribution in [3.8, 4) is 6.07 Å². The van der Waals surface area contributed by atoms with E-state index in [4.69, 9.17) is 11.0 Å². The van der Waals surface area contributed by atoms with E-state index in [0.29, 0.717) is 13.0 Å². The van der Waals surface area contributed by atoms with E-state index in [2.05, 4.69) is 6.07 Å². The Bertz CT molecular complexity index is 207. The molecular weight excluding hydrogens is 166 g/mol. The van der Waals surface area contributed by atoms with Crippen molar-refractivity contribution in [3.05, 3.63) is 0 Å². The summed E-state index contributed by atoms with van der Waals surface area (Å²) in [5.74, 6) is -0.126. The average Bonchev–Trinajstić information content (AvgIpc) is 2.02. The molecule has 0 aromatic heterocycles. The Balaban J connectivity index is 3.91. The van der Waals surface area contributed by atoms with Gasteiger partial charge in [-0.05, 0) is 13.8 Å². The molecule has 0 aromatic rings. The van der Waals surface area contributed by atoms with Crippen LogP contribution in [0.4, 0.5) is 0 Å². The maximum absolute atomic E-state index is 11.3. The zero-order valence-corrected chi connectivity index (χ0v) is 8.45. The Kier molecular flexibility index (Phi) is 5.09. The van der Waals surface area contributed by atoms with Gasteiger partial charge >= 0.3 is 0 Å². The molecule has 0 fully saturated rings. The number of nitriles is 1. The van der Waals surface area contributed by atoms with Crippen LogP contribution in [0.15, 0.2) is 0 Å². The number of amides is 1. The highest BCUT2D eigenvalue weighted by Gasteiger charge is 2.12. The third-order valence-electron chi connectivity index (χ3n) is 1.69. The number of hydrogen-bond donors (Lipinski definition) is 1. The highest BCUT2D eigenvalue weighted by Crippen LogP contribution is 1.99. The lowest BCUT2D eigenvalue weighted by Crippen LogP contribution is -2.34. The summed E-state index contributed by atoms with van der Waals surface area (Å²) in [7, 11) is 1.69. The zero-order valence-electron chi connectivity index (χ0n) is 8.45. The van der Waals surface area contributed by atoms with Crippen molar-refractivity contribution in [2.24, 2.45) is 11.7 Å². The number of rotatable bonds is 4. The van der Waals surface area contributed by atoms with Crippen molar-refractivity contribution in [2.75, 3.05) is 13.6 Å². The van der Waals surface area contributed by atoms with E-state index >= 15 is 0 Å². The van der Waals surface area contributed by atoms with Gasteiger partial charge in [0.15, 0.2) is 0 Å². The van der Waals surface area contributed by atoms with Crippen LogP contribution < -0.4 is 5.73 Å². The number of carbonyl (C=O) groups excluding carboxylic acids is 1. The van der Waals surface area contributed by atoms with Gasteiger partial charge in [0, 0.05) is 26.1 Å². The number of nitrogens with zero attached hydrogens (tertiary/aromatic N) is 2. The van der Waals surface area contributed by atoms with Crippen LogP contribution in [0.3, 0.4) is 0 Å². The van der Waals surface area contributed by atoms with Gasteiger partial charge in [0.2, 0.25) is 5.91 Å². The van der Waals surface area contributed by atoms with Gasteiger partial charge in [0.25, 0.3) is 0 Å². The molecule has 0 aliphatic rings. The molecule has 4 heteroatoms. The van der Waals surface area contributed by atoms with Crippen LogP contribution in [0.2, 0.25) is 0 Å². The Hall–Kier alpha value is -1.08. The Morgan fingerprint density at radius 2 is 2.15 bits per heavy atom. The summed E-state index contributed by atoms with van der Waals surface area (Å²) in [6.45, 7) is 4.05. The third-order valence-corrected chi connectivity index (χ3v) is 1.69. The predicted octanol–water partition coefficient (Wildman–Crippen LogP) is 0.342. The fourth-order valence-corrected chi connectivity index (χ4v) is 0.985. The van der Waals surface area contributed by atoms with Crippen LogP contribution in [0.1, 0.15) is 20.3 Å². The maximum Gasteiger partial charge on any atom is 0.223 e. The molecule has 2 atom stereocenters. The molecule has 0 heterocycles. The van der Waals surface area contributed by atoms with Gasteiger partial charge in [-0.3, -0.25) is 4.79 Å². The van der Waals surface area contributed by atoms with E-state index in [1.165, 1.54) is 0 Å². The van der Waals surface area contributed by atoms with Crippen LogP contribution in [-0.4, -0.2) is 30.4 Å². The van der Waals surface area contributed by atoms with Gasteiger partial charge in [-0.2, -0.15) is 5.26 Å². The van der Waals surface area contributed by atoms with Gasteiger partial charge in [0.05, 0.1) is 12.0 Å². The second kappa shape index (κ2) is 5.55. The first kappa shape index (κ1) is 11.9. The van der Waals surface area contributed by atoms with Crippen molar-refractivity contribution in [1.29, 1.82) is 5.26 Å². The molecule has 74 valence electrons. The molecule has 0 aliphatic carbocycles. The standard InChI is InChI=1S/C9H17N3O/c1-7(5-10)6-12(3)9(13)4-8(2)11/h7-8H,4,6,11H2,1-3H3. The molecule has 13 heavy (non-hydrogen) atoms. The van der Waals surface area contributed by atoms with Gasteiger partial charge in [-0.15, -0.1) is 0 Å². The predicted molar refractivity (Wildman–Crippen MR) is 50.7 cm³/mol. The van der Waals surface area contributed by atoms with E-state index in [9.17, 15) is 4.79 Å². The molecule has 0 radical (unpaired) electrons. The quantitative estimate of drug-likeness (QED) is 0.683. The first-order valence-corrected chi connectivity index (χ1v) is 4.36. The zero-order chi connectivity index (χ0) is 10.4. The summed E-state index contributed by atoms with van der Waals surface area (Å²) in [5.41, 5.74) is 5.48. The summed E-state index contributed by atoms with van der Waals surface area (Å²) in [6.07, 6.45) is 0.342. The molecule has 1 amide bonds. The summed E-state index contributed by atoms with van der Waals surface area (Å²) in [4.78, 5) is 12.9. The minimum absolute atomic E-state index is 0.00269. The maximum atomic E-state index is 11.3. The number of hydrogen-bond acceptors (Lipinski definition) is 3. The molecule has 0 aromatic carbocycles. The Morgan fingerprint density at radius 3 is 2.54 bits per heavy atom. The second-order valence-electron chi connectivity index (χ2n) is 3.49. The van der Waals surface area contributed by atoms with E-state index in [-0.39, 0.29) is 17.9 Å². The largest absolute Gasteiger partial charge is 0.344 e. The van der Waals surface area contributed by atoms with Crippen molar-refractivity contribution in [1.82, 2.24) is 4.90 Å². The number of carbonyl (C=O) groups is 1. The number of nitrogens with two attached hydrogens (primary N) is 1. The molecule has 0 bridgehead atoms. The average molecular weight is 183 g/mol. The van der Waals surface area contributed by atoms with Crippen LogP contribution in [-0.2, 0) is 4.79 Å². The molecular formula is C9H17N3O. The first-order chi connectivity index (χ1) is 5.97. The lowest BCUT2D eigenvalue weighted by Gasteiger charge is -2.19. The smallest absolute Gasteiger partial charge is 0.223 e. The first-order valence-electron chi connectivity index (χ1n) is 4.36. The Labute approximate surface area is 79.3 Å². The van der Waals surface area contributed by atoms with E-state index in [1.807, 2.05) is 0 Å². The van der Waals surface area contributed by atoms with Crippen LogP contribution >= 0.6 is 0 Å². The van der Waals surface area contributed by atoms with Gasteiger partial charge in [-0.25, -0.2) is 0 Å². The molecule has 2 unspecified atom stereocenters. The molecule has 0 rings (SSSR count). The third kappa shape index (κ3) is 5.21. The fourth-order valence-electron chi connectivity index (χ4n) is 0.985. The van der Waals surface area contributed by atoms with E-state index in [0.717, 1.165) is 0 Å². The van der Waals surface area contributed by atoms with Crippen LogP contribution in [0.25, 0.3) is 0 Å². The minimum Gasteiger partial charge on any atom is -0.344 e. The SMILES string of the molecule is CC(N)CC(=O)N(C)CC(C)C#N. The molecule has 4 nitrogen and oxygen atoms in total. The molecule has 0 spiro atoms. The normalized spacial score (nSPS) is 14.4. The van der Waals surface area contributed by atoms with Crippen molar-refractivity contribution < 1.29 is 4.79 Å². The highest BCUT2D eigenvalue weighted by molar-refractivity contribution is 5.76. The lowest BCUT2D eigenvalue weighted by molar-refractivity contribution is -0.130. The summed E-state index contributed by atoms with van der Waals surface area (Å²) < 4.78 is 0. The van der Waals surface area contributed by atoms with Crippen LogP contribution in [0, 0.1) is 17.2 Å². The summed E-state index contributed by atoms with van der Waals surface area (Å²) >= 11 is 0. The fraction of sp³-hybridized carbons (Fsp3) is 0.778. The molecule has 0 saturated heterocycles. The topological polar surface area (TPSA) is 70.1 Å². The molecule has 0 saturated carbocycles. The lowest BCUT2D eigenvalue weighted by atomic mass is 10.2. The monoisotopic (exact) mass is 183 g/mol. The minimum atomic E-state index is -0.123. The van der Waals surface area contributed by atoms with Crippen LogP contribution in [0.5, 0.6) is 0 Å². The van der Waals surface area contributed by atoms with Crippen molar-refractivity contribution in [3.63, 3.8) is 0 Å². The summed E-state index contributed by atoms with van der Waals surface area (Å²) in [6, 6.07) is 1.96. The van der Waals surface area contributed by atoms with Crippen molar-refractivity contribution >= 4 is 5.91 Å². The van der Waals surface area contributed by atoms with E-state index in [1.54, 1.807) is 25.8 Å². The van der Waals surface area contributed by atoms with Gasteiger partial charge in [0.1, 0.15) is 0 Å². The van der Waals surface area contributed by atoms with Gasteiger partial charge in [-0.1, -0.05) is 0 Å². The highest BCUT2D eigenvalue weighted by atomic mass is 16.2. The molecule has 2 N–H and O–H groups in total. The summed E-state index contributed by atoms with van der Waals surface area (Å²) in [5, 5.41) is 8.53. The van der Waals surface area contributed by atoms with Gasteiger partial charge < -0.3 is 10.6 Å². The molecule has 0 aliphatic heterocycles. The van der Waals surface area contributed by atoms with Crippen molar-refractivity contribution in [2.45, 2.75) is 26.3 Å². The second-order valence-corrected chi connectivity index (χ2v) is 3.49. The Morgan fingerprint density at radius 1 is 1.62 bits per heavy atom.